The van der Waals surface area contributed by atoms with Crippen LogP contribution in [0.15, 0.2) is 43.0 Å². The van der Waals surface area contributed by atoms with E-state index in [0.717, 1.165) is 46.8 Å². The zero-order valence-electron chi connectivity index (χ0n) is 19.3. The van der Waals surface area contributed by atoms with Gasteiger partial charge in [0.15, 0.2) is 0 Å². The molecule has 0 N–H and O–H groups in total. The van der Waals surface area contributed by atoms with E-state index in [2.05, 4.69) is 32.3 Å². The molecule has 4 aromatic rings. The molecule has 1 atom stereocenters. The van der Waals surface area contributed by atoms with Gasteiger partial charge in [-0.25, -0.2) is 9.31 Å². The van der Waals surface area contributed by atoms with Crippen molar-refractivity contribution >= 4 is 17.3 Å². The Morgan fingerprint density at radius 2 is 1.82 bits per heavy atom. The van der Waals surface area contributed by atoms with Crippen LogP contribution in [0.3, 0.4) is 0 Å². The van der Waals surface area contributed by atoms with Gasteiger partial charge < -0.3 is 14.5 Å². The molecular formula is C23H28N8O2. The summed E-state index contributed by atoms with van der Waals surface area (Å²) in [5.74, 6) is 0. The first kappa shape index (κ1) is 21.0. The molecule has 0 aromatic carbocycles. The summed E-state index contributed by atoms with van der Waals surface area (Å²) in [4.78, 5) is 16.7. The highest BCUT2D eigenvalue weighted by Gasteiger charge is 2.26. The number of hydrogen-bond acceptors (Lipinski definition) is 6. The van der Waals surface area contributed by atoms with Crippen molar-refractivity contribution < 1.29 is 9.53 Å². The predicted molar refractivity (Wildman–Crippen MR) is 124 cm³/mol. The lowest BCUT2D eigenvalue weighted by atomic mass is 10.1. The molecule has 5 rings (SSSR count). The summed E-state index contributed by atoms with van der Waals surface area (Å²) in [7, 11) is 3.79. The number of aryl methyl sites for hydroxylation is 3. The highest BCUT2D eigenvalue weighted by Crippen LogP contribution is 2.26. The number of carbonyl (C=O) groups is 1. The second-order valence-electron chi connectivity index (χ2n) is 8.51. The lowest BCUT2D eigenvalue weighted by Gasteiger charge is -2.35. The molecule has 1 amide bonds. The first-order valence-corrected chi connectivity index (χ1v) is 11.1. The molecular weight excluding hydrogens is 420 g/mol. The van der Waals surface area contributed by atoms with Crippen LogP contribution >= 0.6 is 0 Å². The third kappa shape index (κ3) is 4.04. The van der Waals surface area contributed by atoms with E-state index in [4.69, 9.17) is 4.74 Å². The van der Waals surface area contributed by atoms with Gasteiger partial charge in [0.1, 0.15) is 11.8 Å². The molecule has 1 aliphatic heterocycles. The third-order valence-corrected chi connectivity index (χ3v) is 6.24. The van der Waals surface area contributed by atoms with Gasteiger partial charge >= 0.3 is 6.09 Å². The maximum atomic E-state index is 12.7. The highest BCUT2D eigenvalue weighted by molar-refractivity contribution is 5.76. The molecule has 4 aromatic heterocycles. The van der Waals surface area contributed by atoms with Gasteiger partial charge in [-0.1, -0.05) is 6.07 Å². The summed E-state index contributed by atoms with van der Waals surface area (Å²) in [6.07, 6.45) is 7.06. The van der Waals surface area contributed by atoms with E-state index < -0.39 is 0 Å². The summed E-state index contributed by atoms with van der Waals surface area (Å²) < 4.78 is 11.1. The Labute approximate surface area is 192 Å². The van der Waals surface area contributed by atoms with Crippen molar-refractivity contribution in [1.82, 2.24) is 34.1 Å². The van der Waals surface area contributed by atoms with Crippen LogP contribution in [0.5, 0.6) is 0 Å². The zero-order chi connectivity index (χ0) is 23.1. The maximum absolute atomic E-state index is 12.7. The van der Waals surface area contributed by atoms with Crippen molar-refractivity contribution in [1.29, 1.82) is 0 Å². The lowest BCUT2D eigenvalue weighted by Crippen LogP contribution is -2.49. The number of piperazine rings is 1. The van der Waals surface area contributed by atoms with Crippen molar-refractivity contribution in [2.75, 3.05) is 31.1 Å². The molecule has 1 fully saturated rings. The minimum atomic E-state index is -0.385. The fraction of sp³-hybridized carbons (Fsp3) is 0.391. The van der Waals surface area contributed by atoms with Gasteiger partial charge in [0.25, 0.3) is 0 Å². The maximum Gasteiger partial charge on any atom is 0.410 e. The van der Waals surface area contributed by atoms with Crippen LogP contribution in [0.25, 0.3) is 16.6 Å². The number of aromatic nitrogens is 6. The topological polar surface area (TPSA) is 85.7 Å². The summed E-state index contributed by atoms with van der Waals surface area (Å²) >= 11 is 0. The Hall–Kier alpha value is -3.82. The van der Waals surface area contributed by atoms with Crippen LogP contribution in [0.4, 0.5) is 10.5 Å². The van der Waals surface area contributed by atoms with Crippen LogP contribution in [0, 0.1) is 6.92 Å². The second kappa shape index (κ2) is 8.27. The standard InChI is InChI=1S/C23H28N8O2/c1-16-11-20(26-28(16)4)17(2)33-23(32)30-9-7-29(8-10-30)22-13-25-31-15-18(5-6-21(22)31)19-12-24-27(3)14-19/h5-6,11-15,17H,7-10H2,1-4H3. The van der Waals surface area contributed by atoms with E-state index >= 15 is 0 Å². The molecule has 1 aliphatic rings. The molecule has 5 heterocycles. The summed E-state index contributed by atoms with van der Waals surface area (Å²) in [6.45, 7) is 6.46. The monoisotopic (exact) mass is 448 g/mol. The average molecular weight is 449 g/mol. The highest BCUT2D eigenvalue weighted by atomic mass is 16.6. The van der Waals surface area contributed by atoms with Crippen LogP contribution in [0.1, 0.15) is 24.4 Å². The van der Waals surface area contributed by atoms with E-state index in [-0.39, 0.29) is 12.2 Å². The Kier molecular flexibility index (Phi) is 5.27. The van der Waals surface area contributed by atoms with Crippen molar-refractivity contribution in [3.05, 3.63) is 54.4 Å². The molecule has 172 valence electrons. The first-order valence-electron chi connectivity index (χ1n) is 11.1. The minimum absolute atomic E-state index is 0.300. The number of pyridine rings is 1. The molecule has 0 spiro atoms. The number of nitrogens with zero attached hydrogens (tertiary/aromatic N) is 8. The molecule has 0 aliphatic carbocycles. The van der Waals surface area contributed by atoms with Crippen molar-refractivity contribution in [2.45, 2.75) is 20.0 Å². The molecule has 1 saturated heterocycles. The molecule has 0 saturated carbocycles. The fourth-order valence-corrected chi connectivity index (χ4v) is 4.16. The van der Waals surface area contributed by atoms with E-state index in [9.17, 15) is 4.79 Å². The van der Waals surface area contributed by atoms with Gasteiger partial charge in [0.05, 0.1) is 23.6 Å². The van der Waals surface area contributed by atoms with Crippen LogP contribution in [0.2, 0.25) is 0 Å². The second-order valence-corrected chi connectivity index (χ2v) is 8.51. The van der Waals surface area contributed by atoms with E-state index in [0.29, 0.717) is 13.1 Å². The number of rotatable bonds is 4. The van der Waals surface area contributed by atoms with Crippen molar-refractivity contribution in [2.24, 2.45) is 14.1 Å². The van der Waals surface area contributed by atoms with Gasteiger partial charge in [0.2, 0.25) is 0 Å². The van der Waals surface area contributed by atoms with Crippen molar-refractivity contribution in [3.8, 4) is 11.1 Å². The van der Waals surface area contributed by atoms with E-state index in [1.54, 1.807) is 14.3 Å². The number of ether oxygens (including phenoxy) is 1. The minimum Gasteiger partial charge on any atom is -0.440 e. The number of anilines is 1. The number of fused-ring (bicyclic) bond motifs is 1. The first-order chi connectivity index (χ1) is 15.9. The number of carbonyl (C=O) groups excluding carboxylic acids is 1. The molecule has 1 unspecified atom stereocenters. The summed E-state index contributed by atoms with van der Waals surface area (Å²) in [6, 6.07) is 6.12. The van der Waals surface area contributed by atoms with Gasteiger partial charge in [-0.05, 0) is 26.0 Å². The van der Waals surface area contributed by atoms with Crippen LogP contribution in [-0.2, 0) is 18.8 Å². The molecule has 10 nitrogen and oxygen atoms in total. The SMILES string of the molecule is Cc1cc(C(C)OC(=O)N2CCN(c3cnn4cc(-c5cnn(C)c5)ccc34)CC2)nn1C. The third-order valence-electron chi connectivity index (χ3n) is 6.24. The van der Waals surface area contributed by atoms with Gasteiger partial charge in [-0.2, -0.15) is 15.3 Å². The molecule has 10 heteroatoms. The Morgan fingerprint density at radius 3 is 2.48 bits per heavy atom. The zero-order valence-corrected chi connectivity index (χ0v) is 19.3. The van der Waals surface area contributed by atoms with Gasteiger partial charge in [-0.3, -0.25) is 9.36 Å². The smallest absolute Gasteiger partial charge is 0.410 e. The quantitative estimate of drug-likeness (QED) is 0.477. The molecule has 0 bridgehead atoms. The fourth-order valence-electron chi connectivity index (χ4n) is 4.16. The average Bonchev–Trinajstić information content (AvgIpc) is 3.52. The molecule has 33 heavy (non-hydrogen) atoms. The Morgan fingerprint density at radius 1 is 1.03 bits per heavy atom. The normalized spacial score (nSPS) is 15.3. The van der Waals surface area contributed by atoms with Gasteiger partial charge in [0, 0.05) is 69.5 Å². The number of amides is 1. The largest absolute Gasteiger partial charge is 0.440 e. The Bertz CT molecular complexity index is 1280. The summed E-state index contributed by atoms with van der Waals surface area (Å²) in [5.41, 5.74) is 6.02. The van der Waals surface area contributed by atoms with E-state index in [1.165, 1.54) is 0 Å². The lowest BCUT2D eigenvalue weighted by molar-refractivity contribution is 0.0662. The van der Waals surface area contributed by atoms with Crippen LogP contribution < -0.4 is 4.90 Å². The predicted octanol–water partition coefficient (Wildman–Crippen LogP) is 2.80. The number of hydrogen-bond donors (Lipinski definition) is 0. The van der Waals surface area contributed by atoms with Crippen LogP contribution in [-0.4, -0.2) is 66.3 Å². The van der Waals surface area contributed by atoms with Crippen molar-refractivity contribution in [3.63, 3.8) is 0 Å². The Balaban J connectivity index is 1.23. The van der Waals surface area contributed by atoms with Gasteiger partial charge in [-0.15, -0.1) is 0 Å². The molecule has 0 radical (unpaired) electrons. The summed E-state index contributed by atoms with van der Waals surface area (Å²) in [5, 5.41) is 13.2. The van der Waals surface area contributed by atoms with E-state index in [1.807, 2.05) is 63.3 Å².